The fraction of sp³-hybridized carbons (Fsp3) is 0.318. The summed E-state index contributed by atoms with van der Waals surface area (Å²) in [6.45, 7) is 0.770. The molecule has 166 valence electrons. The number of nitrogens with zero attached hydrogens (tertiary/aromatic N) is 2. The Morgan fingerprint density at radius 2 is 1.94 bits per heavy atom. The summed E-state index contributed by atoms with van der Waals surface area (Å²) in [5.41, 5.74) is 1.32. The lowest BCUT2D eigenvalue weighted by atomic mass is 10.1. The van der Waals surface area contributed by atoms with Crippen molar-refractivity contribution in [1.82, 2.24) is 15.3 Å². The molecule has 0 aliphatic carbocycles. The number of anilines is 2. The highest BCUT2D eigenvalue weighted by Crippen LogP contribution is 2.29. The van der Waals surface area contributed by atoms with E-state index in [1.54, 1.807) is 37.8 Å². The van der Waals surface area contributed by atoms with Crippen LogP contribution in [0.4, 0.5) is 16.4 Å². The zero-order valence-corrected chi connectivity index (χ0v) is 17.4. The maximum atomic E-state index is 12.5. The molecule has 0 radical (unpaired) electrons. The van der Waals surface area contributed by atoms with Gasteiger partial charge in [-0.3, -0.25) is 0 Å². The van der Waals surface area contributed by atoms with Gasteiger partial charge in [-0.15, -0.1) is 0 Å². The van der Waals surface area contributed by atoms with Crippen LogP contribution >= 0.6 is 0 Å². The van der Waals surface area contributed by atoms with E-state index in [4.69, 9.17) is 18.6 Å². The number of hydrogen-bond donors (Lipinski definition) is 3. The Morgan fingerprint density at radius 3 is 2.75 bits per heavy atom. The second-order valence-electron chi connectivity index (χ2n) is 7.53. The monoisotopic (exact) mass is 437 g/mol. The van der Waals surface area contributed by atoms with Crippen LogP contribution in [0.2, 0.25) is 0 Å². The van der Waals surface area contributed by atoms with Crippen molar-refractivity contribution in [1.29, 1.82) is 0 Å². The first-order valence-electron chi connectivity index (χ1n) is 10.3. The van der Waals surface area contributed by atoms with Gasteiger partial charge >= 0.3 is 6.03 Å². The van der Waals surface area contributed by atoms with E-state index in [1.165, 1.54) is 0 Å². The average molecular weight is 437 g/mol. The molecule has 2 aromatic heterocycles. The van der Waals surface area contributed by atoms with Gasteiger partial charge in [-0.1, -0.05) is 6.07 Å². The largest absolute Gasteiger partial charge is 0.497 e. The molecule has 2 fully saturated rings. The van der Waals surface area contributed by atoms with Crippen LogP contribution in [-0.4, -0.2) is 60.6 Å². The molecule has 10 heteroatoms. The van der Waals surface area contributed by atoms with E-state index in [9.17, 15) is 4.79 Å². The molecular weight excluding hydrogens is 414 g/mol. The van der Waals surface area contributed by atoms with Crippen LogP contribution in [0.5, 0.6) is 5.75 Å². The molecule has 0 bridgehead atoms. The molecule has 2 saturated heterocycles. The second kappa shape index (κ2) is 8.85. The number of furan rings is 1. The minimum atomic E-state index is -0.331. The standard InChI is InChI=1S/C22H23N5O5/c1-29-14-5-2-4-13(10-14)24-22(28)27-17-12-32-19-16(11-31-20(17)19)26-21-23-8-7-15(25-21)18-6-3-9-30-18/h2-10,16-17,19-20H,11-12H2,1H3,(H,23,25,26)(H2,24,27,28)/t16-,17+,19-,20+/m0/s1. The first kappa shape index (κ1) is 20.3. The van der Waals surface area contributed by atoms with Crippen molar-refractivity contribution in [2.24, 2.45) is 0 Å². The number of carbonyl (C=O) groups excluding carboxylic acids is 1. The maximum Gasteiger partial charge on any atom is 0.319 e. The summed E-state index contributed by atoms with van der Waals surface area (Å²) in [6, 6.07) is 11.8. The number of fused-ring (bicyclic) bond motifs is 1. The highest BCUT2D eigenvalue weighted by molar-refractivity contribution is 5.89. The van der Waals surface area contributed by atoms with Gasteiger partial charge in [0.1, 0.15) is 23.7 Å². The number of rotatable bonds is 6. The molecule has 3 N–H and O–H groups in total. The second-order valence-corrected chi connectivity index (χ2v) is 7.53. The lowest BCUT2D eigenvalue weighted by molar-refractivity contribution is 0.0683. The van der Waals surface area contributed by atoms with Crippen LogP contribution in [0.25, 0.3) is 11.5 Å². The van der Waals surface area contributed by atoms with Crippen LogP contribution in [0.1, 0.15) is 0 Å². The molecule has 5 rings (SSSR count). The topological polar surface area (TPSA) is 120 Å². The molecule has 0 unspecified atom stereocenters. The smallest absolute Gasteiger partial charge is 0.319 e. The molecule has 1 aromatic carbocycles. The number of benzene rings is 1. The molecule has 2 aliphatic rings. The Kier molecular flexibility index (Phi) is 5.61. The summed E-state index contributed by atoms with van der Waals surface area (Å²) in [6.07, 6.45) is 2.78. The van der Waals surface area contributed by atoms with E-state index in [-0.39, 0.29) is 30.3 Å². The zero-order chi connectivity index (χ0) is 21.9. The van der Waals surface area contributed by atoms with Gasteiger partial charge in [0, 0.05) is 18.0 Å². The molecule has 0 spiro atoms. The van der Waals surface area contributed by atoms with Crippen molar-refractivity contribution in [2.45, 2.75) is 24.3 Å². The molecule has 32 heavy (non-hydrogen) atoms. The highest BCUT2D eigenvalue weighted by Gasteiger charge is 2.48. The fourth-order valence-corrected chi connectivity index (χ4v) is 3.94. The van der Waals surface area contributed by atoms with Crippen molar-refractivity contribution in [3.63, 3.8) is 0 Å². The molecule has 4 heterocycles. The summed E-state index contributed by atoms with van der Waals surface area (Å²) in [7, 11) is 1.58. The number of amides is 2. The SMILES string of the molecule is COc1cccc(NC(=O)N[C@@H]2CO[C@@H]3[C@@H]2OC[C@@H]3Nc2nccc(-c3ccco3)n2)c1. The third-order valence-electron chi connectivity index (χ3n) is 5.44. The van der Waals surface area contributed by atoms with E-state index in [0.717, 1.165) is 0 Å². The molecule has 3 aromatic rings. The average Bonchev–Trinajstić information content (AvgIpc) is 3.55. The van der Waals surface area contributed by atoms with Crippen LogP contribution in [-0.2, 0) is 9.47 Å². The van der Waals surface area contributed by atoms with Gasteiger partial charge in [-0.2, -0.15) is 0 Å². The summed E-state index contributed by atoms with van der Waals surface area (Å²) in [5, 5.41) is 9.03. The normalized spacial score (nSPS) is 24.0. The van der Waals surface area contributed by atoms with E-state index in [1.807, 2.05) is 24.3 Å². The Morgan fingerprint density at radius 1 is 1.09 bits per heavy atom. The molecule has 0 saturated carbocycles. The predicted molar refractivity (Wildman–Crippen MR) is 116 cm³/mol. The number of nitrogens with one attached hydrogen (secondary N) is 3. The van der Waals surface area contributed by atoms with E-state index in [2.05, 4.69) is 25.9 Å². The minimum Gasteiger partial charge on any atom is -0.497 e. The van der Waals surface area contributed by atoms with Crippen LogP contribution < -0.4 is 20.7 Å². The number of methoxy groups -OCH3 is 1. The Labute approximate surface area is 184 Å². The van der Waals surface area contributed by atoms with Gasteiger partial charge in [0.05, 0.1) is 38.7 Å². The lowest BCUT2D eigenvalue weighted by Crippen LogP contribution is -2.46. The van der Waals surface area contributed by atoms with E-state index < -0.39 is 0 Å². The van der Waals surface area contributed by atoms with E-state index >= 15 is 0 Å². The van der Waals surface area contributed by atoms with Gasteiger partial charge in [0.2, 0.25) is 5.95 Å². The number of carbonyl (C=O) groups is 1. The zero-order valence-electron chi connectivity index (χ0n) is 17.4. The summed E-state index contributed by atoms with van der Waals surface area (Å²) in [4.78, 5) is 21.3. The van der Waals surface area contributed by atoms with Crippen molar-refractivity contribution in [3.05, 3.63) is 54.9 Å². The van der Waals surface area contributed by atoms with Crippen molar-refractivity contribution >= 4 is 17.7 Å². The first-order valence-corrected chi connectivity index (χ1v) is 10.3. The lowest BCUT2D eigenvalue weighted by Gasteiger charge is -2.18. The number of hydrogen-bond acceptors (Lipinski definition) is 8. The quantitative estimate of drug-likeness (QED) is 0.538. The van der Waals surface area contributed by atoms with Gasteiger partial charge in [0.25, 0.3) is 0 Å². The third-order valence-corrected chi connectivity index (χ3v) is 5.44. The Balaban J connectivity index is 1.18. The molecule has 2 aliphatic heterocycles. The van der Waals surface area contributed by atoms with Crippen LogP contribution in [0.15, 0.2) is 59.3 Å². The summed E-state index contributed by atoms with van der Waals surface area (Å²) in [5.74, 6) is 1.79. The van der Waals surface area contributed by atoms with Gasteiger partial charge in [-0.25, -0.2) is 14.8 Å². The van der Waals surface area contributed by atoms with Crippen LogP contribution in [0, 0.1) is 0 Å². The molecular formula is C22H23N5O5. The van der Waals surface area contributed by atoms with Gasteiger partial charge in [0.15, 0.2) is 5.76 Å². The number of urea groups is 1. The molecule has 2 amide bonds. The van der Waals surface area contributed by atoms with Crippen molar-refractivity contribution in [2.75, 3.05) is 31.0 Å². The van der Waals surface area contributed by atoms with E-state index in [0.29, 0.717) is 42.1 Å². The number of aromatic nitrogens is 2. The summed E-state index contributed by atoms with van der Waals surface area (Å²) >= 11 is 0. The van der Waals surface area contributed by atoms with Crippen molar-refractivity contribution < 1.29 is 23.4 Å². The maximum absolute atomic E-state index is 12.5. The van der Waals surface area contributed by atoms with Gasteiger partial charge in [-0.05, 0) is 30.3 Å². The summed E-state index contributed by atoms with van der Waals surface area (Å²) < 4.78 is 22.5. The first-order chi connectivity index (χ1) is 15.7. The Bertz CT molecular complexity index is 1080. The highest BCUT2D eigenvalue weighted by atomic mass is 16.6. The predicted octanol–water partition coefficient (Wildman–Crippen LogP) is 2.51. The van der Waals surface area contributed by atoms with Gasteiger partial charge < -0.3 is 34.6 Å². The fourth-order valence-electron chi connectivity index (χ4n) is 3.94. The molecule has 4 atom stereocenters. The number of ether oxygens (including phenoxy) is 3. The third kappa shape index (κ3) is 4.23. The Hall–Kier alpha value is -3.63. The van der Waals surface area contributed by atoms with Crippen molar-refractivity contribution in [3.8, 4) is 17.2 Å². The van der Waals surface area contributed by atoms with Crippen LogP contribution in [0.3, 0.4) is 0 Å². The molecule has 10 nitrogen and oxygen atoms in total. The minimum absolute atomic E-state index is 0.139.